The highest BCUT2D eigenvalue weighted by Crippen LogP contribution is 2.33. The van der Waals surface area contributed by atoms with Gasteiger partial charge in [-0.3, -0.25) is 4.68 Å². The zero-order chi connectivity index (χ0) is 14.8. The maximum absolute atomic E-state index is 11.5. The molecule has 0 unspecified atom stereocenters. The van der Waals surface area contributed by atoms with Crippen LogP contribution in [0.2, 0.25) is 0 Å². The van der Waals surface area contributed by atoms with Crippen molar-refractivity contribution in [3.05, 3.63) is 28.8 Å². The zero-order valence-corrected chi connectivity index (χ0v) is 13.0. The standard InChI is InChI=1S/C16H20N2O2S/c1-2-12-8-9-14(21-12)15-13(16(19)20)10-18(17-15)11-6-4-3-5-7-11/h8-11H,2-7H2,1H3,(H,19,20). The third-order valence-electron chi connectivity index (χ3n) is 4.15. The third-order valence-corrected chi connectivity index (χ3v) is 5.39. The second-order valence-corrected chi connectivity index (χ2v) is 6.76. The maximum Gasteiger partial charge on any atom is 0.339 e. The van der Waals surface area contributed by atoms with E-state index in [0.29, 0.717) is 17.3 Å². The van der Waals surface area contributed by atoms with Gasteiger partial charge in [-0.25, -0.2) is 4.79 Å². The van der Waals surface area contributed by atoms with Gasteiger partial charge in [0.25, 0.3) is 0 Å². The Balaban J connectivity index is 1.98. The molecule has 0 aliphatic heterocycles. The summed E-state index contributed by atoms with van der Waals surface area (Å²) in [5, 5.41) is 14.1. The van der Waals surface area contributed by atoms with Crippen molar-refractivity contribution in [2.45, 2.75) is 51.5 Å². The van der Waals surface area contributed by atoms with Gasteiger partial charge in [0.1, 0.15) is 11.3 Å². The number of rotatable bonds is 4. The van der Waals surface area contributed by atoms with Crippen molar-refractivity contribution in [2.24, 2.45) is 0 Å². The van der Waals surface area contributed by atoms with Gasteiger partial charge in [0, 0.05) is 11.1 Å². The Kier molecular flexibility index (Phi) is 4.10. The van der Waals surface area contributed by atoms with Crippen LogP contribution >= 0.6 is 11.3 Å². The summed E-state index contributed by atoms with van der Waals surface area (Å²) in [7, 11) is 0. The Bertz CT molecular complexity index is 638. The topological polar surface area (TPSA) is 55.1 Å². The van der Waals surface area contributed by atoms with E-state index >= 15 is 0 Å². The van der Waals surface area contributed by atoms with E-state index in [1.54, 1.807) is 17.5 Å². The fourth-order valence-corrected chi connectivity index (χ4v) is 3.90. The Labute approximate surface area is 128 Å². The van der Waals surface area contributed by atoms with Gasteiger partial charge in [0.05, 0.1) is 10.9 Å². The van der Waals surface area contributed by atoms with Crippen LogP contribution in [0, 0.1) is 0 Å². The molecular weight excluding hydrogens is 284 g/mol. The minimum atomic E-state index is -0.890. The van der Waals surface area contributed by atoms with Gasteiger partial charge < -0.3 is 5.11 Å². The van der Waals surface area contributed by atoms with Crippen molar-refractivity contribution in [3.8, 4) is 10.6 Å². The fourth-order valence-electron chi connectivity index (χ4n) is 2.96. The second-order valence-electron chi connectivity index (χ2n) is 5.59. The first-order chi connectivity index (χ1) is 10.2. The highest BCUT2D eigenvalue weighted by Gasteiger charge is 2.23. The molecule has 3 rings (SSSR count). The van der Waals surface area contributed by atoms with Gasteiger partial charge >= 0.3 is 5.97 Å². The summed E-state index contributed by atoms with van der Waals surface area (Å²) in [5.41, 5.74) is 0.947. The van der Waals surface area contributed by atoms with Crippen LogP contribution in [0.1, 0.15) is 60.3 Å². The minimum absolute atomic E-state index is 0.324. The van der Waals surface area contributed by atoms with Crippen LogP contribution in [0.3, 0.4) is 0 Å². The van der Waals surface area contributed by atoms with E-state index in [4.69, 9.17) is 0 Å². The molecule has 2 aromatic heterocycles. The van der Waals surface area contributed by atoms with Crippen LogP contribution in [0.4, 0.5) is 0 Å². The lowest BCUT2D eigenvalue weighted by Crippen LogP contribution is -2.13. The number of carboxylic acids is 1. The first kappa shape index (κ1) is 14.3. The number of carbonyl (C=O) groups is 1. The van der Waals surface area contributed by atoms with Crippen molar-refractivity contribution >= 4 is 17.3 Å². The van der Waals surface area contributed by atoms with Crippen LogP contribution < -0.4 is 0 Å². The first-order valence-corrected chi connectivity index (χ1v) is 8.42. The van der Waals surface area contributed by atoms with E-state index in [1.165, 1.54) is 24.1 Å². The largest absolute Gasteiger partial charge is 0.478 e. The van der Waals surface area contributed by atoms with Crippen LogP contribution in [-0.2, 0) is 6.42 Å². The van der Waals surface area contributed by atoms with Gasteiger partial charge in [0.15, 0.2) is 0 Å². The summed E-state index contributed by atoms with van der Waals surface area (Å²) < 4.78 is 1.89. The van der Waals surface area contributed by atoms with Crippen molar-refractivity contribution in [1.29, 1.82) is 0 Å². The molecule has 1 saturated carbocycles. The lowest BCUT2D eigenvalue weighted by atomic mass is 9.96. The normalized spacial score (nSPS) is 16.2. The molecule has 1 fully saturated rings. The van der Waals surface area contributed by atoms with Gasteiger partial charge in [-0.05, 0) is 31.4 Å². The number of aromatic carboxylic acids is 1. The van der Waals surface area contributed by atoms with Gasteiger partial charge in [-0.2, -0.15) is 5.10 Å². The number of aryl methyl sites for hydroxylation is 1. The predicted octanol–water partition coefficient (Wildman–Crippen LogP) is 4.38. The predicted molar refractivity (Wildman–Crippen MR) is 84.0 cm³/mol. The van der Waals surface area contributed by atoms with Gasteiger partial charge in [-0.1, -0.05) is 26.2 Å². The van der Waals surface area contributed by atoms with Gasteiger partial charge in [-0.15, -0.1) is 11.3 Å². The average molecular weight is 304 g/mol. The molecule has 0 atom stereocenters. The molecule has 112 valence electrons. The Hall–Kier alpha value is -1.62. The highest BCUT2D eigenvalue weighted by molar-refractivity contribution is 7.15. The van der Waals surface area contributed by atoms with Crippen LogP contribution in [-0.4, -0.2) is 20.9 Å². The SMILES string of the molecule is CCc1ccc(-c2nn(C3CCCCC3)cc2C(=O)O)s1. The molecule has 0 bridgehead atoms. The third kappa shape index (κ3) is 2.88. The lowest BCUT2D eigenvalue weighted by Gasteiger charge is -2.21. The molecule has 4 nitrogen and oxygen atoms in total. The zero-order valence-electron chi connectivity index (χ0n) is 12.2. The number of hydrogen-bond acceptors (Lipinski definition) is 3. The van der Waals surface area contributed by atoms with E-state index in [1.807, 2.05) is 10.7 Å². The molecule has 21 heavy (non-hydrogen) atoms. The number of aromatic nitrogens is 2. The molecule has 5 heteroatoms. The molecule has 0 spiro atoms. The molecule has 0 amide bonds. The summed E-state index contributed by atoms with van der Waals surface area (Å²) >= 11 is 1.64. The molecule has 0 aromatic carbocycles. The van der Waals surface area contributed by atoms with E-state index in [-0.39, 0.29) is 0 Å². The number of hydrogen-bond donors (Lipinski definition) is 1. The van der Waals surface area contributed by atoms with Crippen molar-refractivity contribution in [3.63, 3.8) is 0 Å². The average Bonchev–Trinajstić information content (AvgIpc) is 3.14. The summed E-state index contributed by atoms with van der Waals surface area (Å²) in [5.74, 6) is -0.890. The Morgan fingerprint density at radius 1 is 1.38 bits per heavy atom. The lowest BCUT2D eigenvalue weighted by molar-refractivity contribution is 0.0697. The van der Waals surface area contributed by atoms with E-state index < -0.39 is 5.97 Å². The maximum atomic E-state index is 11.5. The fraction of sp³-hybridized carbons (Fsp3) is 0.500. The Morgan fingerprint density at radius 3 is 2.76 bits per heavy atom. The van der Waals surface area contributed by atoms with E-state index in [0.717, 1.165) is 24.1 Å². The quantitative estimate of drug-likeness (QED) is 0.912. The minimum Gasteiger partial charge on any atom is -0.478 e. The van der Waals surface area contributed by atoms with Crippen LogP contribution in [0.25, 0.3) is 10.6 Å². The van der Waals surface area contributed by atoms with Crippen LogP contribution in [0.5, 0.6) is 0 Å². The first-order valence-electron chi connectivity index (χ1n) is 7.60. The molecule has 1 aliphatic carbocycles. The van der Waals surface area contributed by atoms with E-state index in [9.17, 15) is 9.90 Å². The number of thiophene rings is 1. The summed E-state index contributed by atoms with van der Waals surface area (Å²) in [4.78, 5) is 13.7. The van der Waals surface area contributed by atoms with Crippen molar-refractivity contribution in [2.75, 3.05) is 0 Å². The molecule has 0 radical (unpaired) electrons. The Morgan fingerprint density at radius 2 is 2.14 bits per heavy atom. The molecule has 1 N–H and O–H groups in total. The number of nitrogens with zero attached hydrogens (tertiary/aromatic N) is 2. The molecular formula is C16H20N2O2S. The van der Waals surface area contributed by atoms with Crippen molar-refractivity contribution in [1.82, 2.24) is 9.78 Å². The number of carboxylic acid groups (broad SMARTS) is 1. The summed E-state index contributed by atoms with van der Waals surface area (Å²) in [6.07, 6.45) is 8.59. The molecule has 2 heterocycles. The summed E-state index contributed by atoms with van der Waals surface area (Å²) in [6.45, 7) is 2.11. The monoisotopic (exact) mass is 304 g/mol. The van der Waals surface area contributed by atoms with Crippen LogP contribution in [0.15, 0.2) is 18.3 Å². The van der Waals surface area contributed by atoms with Crippen molar-refractivity contribution < 1.29 is 9.90 Å². The summed E-state index contributed by atoms with van der Waals surface area (Å²) in [6, 6.07) is 4.41. The van der Waals surface area contributed by atoms with E-state index in [2.05, 4.69) is 18.1 Å². The molecule has 1 aliphatic rings. The molecule has 0 saturated heterocycles. The van der Waals surface area contributed by atoms with Gasteiger partial charge in [0.2, 0.25) is 0 Å². The smallest absolute Gasteiger partial charge is 0.339 e. The highest BCUT2D eigenvalue weighted by atomic mass is 32.1. The second kappa shape index (κ2) is 6.02. The molecule has 2 aromatic rings.